The lowest BCUT2D eigenvalue weighted by atomic mass is 10.2. The number of hydrogen-bond donors (Lipinski definition) is 0. The summed E-state index contributed by atoms with van der Waals surface area (Å²) in [4.78, 5) is 36.3. The Hall–Kier alpha value is -1.88. The quantitative estimate of drug-likeness (QED) is 0.565. The fourth-order valence-electron chi connectivity index (χ4n) is 1.44. The lowest BCUT2D eigenvalue weighted by molar-refractivity contribution is -0.120. The largest absolute Gasteiger partial charge is 0.300 e. The molecule has 0 unspecified atom stereocenters. The topological polar surface area (TPSA) is 54.5 Å². The molecule has 0 aromatic heterocycles. The van der Waals surface area contributed by atoms with E-state index < -0.39 is 17.1 Å². The van der Waals surface area contributed by atoms with Crippen LogP contribution in [0.4, 0.5) is 4.79 Å². The van der Waals surface area contributed by atoms with Crippen molar-refractivity contribution >= 4 is 28.8 Å². The molecule has 1 aliphatic rings. The van der Waals surface area contributed by atoms with E-state index in [9.17, 15) is 14.4 Å². The molecule has 1 aromatic carbocycles. The predicted molar refractivity (Wildman–Crippen MR) is 64.4 cm³/mol. The zero-order valence-electron chi connectivity index (χ0n) is 9.04. The minimum Gasteiger partial charge on any atom is -0.268 e. The number of carbonyl (C=O) groups excluding carboxylic acids is 3. The molecule has 5 heteroatoms. The van der Waals surface area contributed by atoms with E-state index in [0.717, 1.165) is 11.8 Å². The number of nitrogens with zero attached hydrogens (tertiary/aromatic N) is 1. The predicted octanol–water partition coefficient (Wildman–Crippen LogP) is 2.43. The molecule has 0 spiro atoms. The van der Waals surface area contributed by atoms with Crippen molar-refractivity contribution in [3.05, 3.63) is 46.9 Å². The fourth-order valence-corrected chi connectivity index (χ4v) is 2.19. The van der Waals surface area contributed by atoms with Gasteiger partial charge in [0.15, 0.2) is 0 Å². The Morgan fingerprint density at radius 2 is 1.88 bits per heavy atom. The third kappa shape index (κ3) is 2.01. The molecular formula is C12H9NO3S. The van der Waals surface area contributed by atoms with Gasteiger partial charge >= 0.3 is 5.24 Å². The highest BCUT2D eigenvalue weighted by atomic mass is 32.2. The van der Waals surface area contributed by atoms with E-state index in [1.807, 2.05) is 0 Å². The van der Waals surface area contributed by atoms with Gasteiger partial charge in [0.25, 0.3) is 11.8 Å². The third-order valence-electron chi connectivity index (χ3n) is 2.28. The van der Waals surface area contributed by atoms with E-state index in [0.29, 0.717) is 15.4 Å². The molecule has 0 saturated carbocycles. The van der Waals surface area contributed by atoms with Crippen molar-refractivity contribution in [2.45, 2.75) is 6.92 Å². The van der Waals surface area contributed by atoms with E-state index in [2.05, 4.69) is 0 Å². The average molecular weight is 247 g/mol. The maximum Gasteiger partial charge on any atom is 0.300 e. The van der Waals surface area contributed by atoms with E-state index >= 15 is 0 Å². The molecule has 1 fully saturated rings. The van der Waals surface area contributed by atoms with Gasteiger partial charge in [-0.15, -0.1) is 0 Å². The Labute approximate surface area is 102 Å². The van der Waals surface area contributed by atoms with Crippen molar-refractivity contribution in [2.75, 3.05) is 0 Å². The number of allylic oxidation sites excluding steroid dienone is 1. The lowest BCUT2D eigenvalue weighted by Gasteiger charge is -2.09. The molecule has 3 amide bonds. The van der Waals surface area contributed by atoms with Crippen LogP contribution in [0.5, 0.6) is 0 Å². The van der Waals surface area contributed by atoms with Gasteiger partial charge in [-0.3, -0.25) is 14.4 Å². The van der Waals surface area contributed by atoms with E-state index in [4.69, 9.17) is 0 Å². The lowest BCUT2D eigenvalue weighted by Crippen LogP contribution is -2.34. The molecule has 0 radical (unpaired) electrons. The Balaban J connectivity index is 2.33. The third-order valence-corrected chi connectivity index (χ3v) is 3.27. The minimum absolute atomic E-state index is 0.291. The van der Waals surface area contributed by atoms with Crippen LogP contribution in [0.15, 0.2) is 41.3 Å². The summed E-state index contributed by atoms with van der Waals surface area (Å²) in [5.74, 6) is -1.12. The van der Waals surface area contributed by atoms with Gasteiger partial charge in [0.2, 0.25) is 0 Å². The molecule has 0 aliphatic carbocycles. The maximum absolute atomic E-state index is 12.0. The molecule has 86 valence electrons. The van der Waals surface area contributed by atoms with Gasteiger partial charge < -0.3 is 0 Å². The van der Waals surface area contributed by atoms with Crippen LogP contribution in [0.25, 0.3) is 0 Å². The molecule has 1 saturated heterocycles. The van der Waals surface area contributed by atoms with Crippen LogP contribution in [0.1, 0.15) is 17.3 Å². The molecule has 2 rings (SSSR count). The Kier molecular flexibility index (Phi) is 3.10. The fraction of sp³-hybridized carbons (Fsp3) is 0.0833. The molecule has 1 aromatic rings. The second kappa shape index (κ2) is 4.55. The van der Waals surface area contributed by atoms with Crippen molar-refractivity contribution in [3.8, 4) is 0 Å². The van der Waals surface area contributed by atoms with Crippen LogP contribution in [0.2, 0.25) is 0 Å². The zero-order valence-corrected chi connectivity index (χ0v) is 9.86. The zero-order chi connectivity index (χ0) is 12.4. The first-order valence-corrected chi connectivity index (χ1v) is 5.78. The Bertz CT molecular complexity index is 522. The van der Waals surface area contributed by atoms with Gasteiger partial charge in [-0.25, -0.2) is 4.90 Å². The van der Waals surface area contributed by atoms with Gasteiger partial charge in [0.05, 0.1) is 4.91 Å². The highest BCUT2D eigenvalue weighted by molar-refractivity contribution is 8.18. The first-order chi connectivity index (χ1) is 8.15. The molecule has 1 heterocycles. The van der Waals surface area contributed by atoms with Crippen LogP contribution in [0.3, 0.4) is 0 Å². The monoisotopic (exact) mass is 247 g/mol. The summed E-state index contributed by atoms with van der Waals surface area (Å²) in [6, 6.07) is 8.27. The van der Waals surface area contributed by atoms with Gasteiger partial charge in [-0.05, 0) is 30.8 Å². The Morgan fingerprint density at radius 3 is 2.41 bits per heavy atom. The first kappa shape index (κ1) is 11.6. The maximum atomic E-state index is 12.0. The van der Waals surface area contributed by atoms with Crippen LogP contribution in [-0.4, -0.2) is 22.0 Å². The summed E-state index contributed by atoms with van der Waals surface area (Å²) in [5.41, 5.74) is 0.326. The van der Waals surface area contributed by atoms with Crippen LogP contribution >= 0.6 is 11.8 Å². The van der Waals surface area contributed by atoms with Gasteiger partial charge in [0.1, 0.15) is 0 Å². The number of hydrogen-bond acceptors (Lipinski definition) is 4. The van der Waals surface area contributed by atoms with Crippen molar-refractivity contribution in [2.24, 2.45) is 0 Å². The Morgan fingerprint density at radius 1 is 1.24 bits per heavy atom. The number of benzene rings is 1. The number of rotatable bonds is 1. The first-order valence-electron chi connectivity index (χ1n) is 4.97. The number of imide groups is 3. The molecular weight excluding hydrogens is 238 g/mol. The van der Waals surface area contributed by atoms with Crippen molar-refractivity contribution in [1.82, 2.24) is 4.90 Å². The normalized spacial score (nSPS) is 17.9. The highest BCUT2D eigenvalue weighted by Gasteiger charge is 2.39. The molecule has 17 heavy (non-hydrogen) atoms. The number of amides is 3. The standard InChI is InChI=1S/C12H9NO3S/c1-2-9-11(15)13(12(16)17-9)10(14)8-6-4-3-5-7-8/h2-7H,1H3/b9-2-. The van der Waals surface area contributed by atoms with Crippen molar-refractivity contribution in [3.63, 3.8) is 0 Å². The van der Waals surface area contributed by atoms with E-state index in [1.165, 1.54) is 6.08 Å². The molecule has 0 bridgehead atoms. The van der Waals surface area contributed by atoms with Gasteiger partial charge in [-0.2, -0.15) is 0 Å². The van der Waals surface area contributed by atoms with E-state index in [1.54, 1.807) is 37.3 Å². The number of carbonyl (C=O) groups is 3. The van der Waals surface area contributed by atoms with Crippen LogP contribution < -0.4 is 0 Å². The van der Waals surface area contributed by atoms with Crippen LogP contribution in [-0.2, 0) is 4.79 Å². The average Bonchev–Trinajstić information content (AvgIpc) is 2.64. The van der Waals surface area contributed by atoms with Gasteiger partial charge in [0, 0.05) is 5.56 Å². The second-order valence-corrected chi connectivity index (χ2v) is 4.33. The molecule has 0 N–H and O–H groups in total. The highest BCUT2D eigenvalue weighted by Crippen LogP contribution is 2.31. The van der Waals surface area contributed by atoms with Crippen molar-refractivity contribution in [1.29, 1.82) is 0 Å². The summed E-state index contributed by atoms with van der Waals surface area (Å²) >= 11 is 0.782. The molecule has 0 atom stereocenters. The molecule has 4 nitrogen and oxygen atoms in total. The summed E-state index contributed by atoms with van der Waals surface area (Å²) in [6.45, 7) is 1.66. The van der Waals surface area contributed by atoms with Crippen LogP contribution in [0, 0.1) is 0 Å². The summed E-state index contributed by atoms with van der Waals surface area (Å²) in [5, 5.41) is -0.544. The summed E-state index contributed by atoms with van der Waals surface area (Å²) in [7, 11) is 0. The SMILES string of the molecule is C/C=C1\SC(=O)N(C(=O)c2ccccc2)C1=O. The number of thioether (sulfide) groups is 1. The minimum atomic E-state index is -0.579. The smallest absolute Gasteiger partial charge is 0.268 e. The second-order valence-electron chi connectivity index (χ2n) is 3.33. The van der Waals surface area contributed by atoms with Crippen molar-refractivity contribution < 1.29 is 14.4 Å². The van der Waals surface area contributed by atoms with Gasteiger partial charge in [-0.1, -0.05) is 24.3 Å². The van der Waals surface area contributed by atoms with E-state index in [-0.39, 0.29) is 0 Å². The summed E-state index contributed by atoms with van der Waals surface area (Å²) in [6.07, 6.45) is 1.53. The molecule has 1 aliphatic heterocycles. The summed E-state index contributed by atoms with van der Waals surface area (Å²) < 4.78 is 0.